The van der Waals surface area contributed by atoms with Crippen LogP contribution in [0.1, 0.15) is 50.0 Å². The molecule has 0 saturated carbocycles. The van der Waals surface area contributed by atoms with Crippen molar-refractivity contribution in [3.63, 3.8) is 0 Å². The van der Waals surface area contributed by atoms with Gasteiger partial charge in [-0.15, -0.1) is 0 Å². The summed E-state index contributed by atoms with van der Waals surface area (Å²) in [6.07, 6.45) is 5.71. The van der Waals surface area contributed by atoms with Gasteiger partial charge in [0.25, 0.3) is 5.56 Å². The van der Waals surface area contributed by atoms with Gasteiger partial charge in [0.15, 0.2) is 0 Å². The van der Waals surface area contributed by atoms with E-state index in [-0.39, 0.29) is 17.6 Å². The van der Waals surface area contributed by atoms with Crippen LogP contribution >= 0.6 is 15.9 Å². The number of hydrogen-bond acceptors (Lipinski definition) is 3. The van der Waals surface area contributed by atoms with Gasteiger partial charge in [0.05, 0.1) is 17.9 Å². The lowest BCUT2D eigenvalue weighted by atomic mass is 9.88. The molecular formula is C13H17BrN2O2. The molecule has 2 fully saturated rings. The fourth-order valence-corrected chi connectivity index (χ4v) is 3.41. The Morgan fingerprint density at radius 1 is 1.50 bits per heavy atom. The average molecular weight is 313 g/mol. The third-order valence-corrected chi connectivity index (χ3v) is 4.71. The van der Waals surface area contributed by atoms with Gasteiger partial charge in [0.1, 0.15) is 10.3 Å². The lowest BCUT2D eigenvalue weighted by Gasteiger charge is -2.18. The summed E-state index contributed by atoms with van der Waals surface area (Å²) in [6.45, 7) is 2.09. The first-order valence-corrected chi connectivity index (χ1v) is 7.42. The highest BCUT2D eigenvalue weighted by molar-refractivity contribution is 9.10. The second-order valence-corrected chi connectivity index (χ2v) is 5.97. The van der Waals surface area contributed by atoms with Gasteiger partial charge in [0, 0.05) is 5.92 Å². The molecule has 3 atom stereocenters. The zero-order valence-electron chi connectivity index (χ0n) is 10.4. The van der Waals surface area contributed by atoms with Crippen LogP contribution in [0.5, 0.6) is 0 Å². The maximum absolute atomic E-state index is 11.9. The van der Waals surface area contributed by atoms with Crippen LogP contribution in [0.15, 0.2) is 9.27 Å². The lowest BCUT2D eigenvalue weighted by Crippen LogP contribution is -2.23. The topological polar surface area (TPSA) is 55.0 Å². The number of rotatable bonds is 3. The first kappa shape index (κ1) is 12.4. The molecule has 1 aromatic rings. The molecular weight excluding hydrogens is 296 g/mol. The zero-order chi connectivity index (χ0) is 12.7. The monoisotopic (exact) mass is 312 g/mol. The van der Waals surface area contributed by atoms with E-state index in [2.05, 4.69) is 32.8 Å². The maximum Gasteiger partial charge on any atom is 0.265 e. The largest absolute Gasteiger partial charge is 0.374 e. The van der Waals surface area contributed by atoms with Crippen LogP contribution in [-0.2, 0) is 11.2 Å². The minimum absolute atomic E-state index is 0.0637. The minimum atomic E-state index is -0.0637. The highest BCUT2D eigenvalue weighted by Crippen LogP contribution is 2.43. The number of aromatic amines is 1. The summed E-state index contributed by atoms with van der Waals surface area (Å²) in [5.74, 6) is 1.10. The highest BCUT2D eigenvalue weighted by atomic mass is 79.9. The van der Waals surface area contributed by atoms with Crippen molar-refractivity contribution in [2.24, 2.45) is 0 Å². The number of nitrogens with zero attached hydrogens (tertiary/aromatic N) is 1. The Kier molecular flexibility index (Phi) is 3.28. The molecule has 3 rings (SSSR count). The normalized spacial score (nSPS) is 30.0. The zero-order valence-corrected chi connectivity index (χ0v) is 12.0. The van der Waals surface area contributed by atoms with Crippen molar-refractivity contribution >= 4 is 15.9 Å². The third kappa shape index (κ3) is 2.03. The minimum Gasteiger partial charge on any atom is -0.374 e. The molecule has 98 valence electrons. The van der Waals surface area contributed by atoms with E-state index in [1.807, 2.05) is 0 Å². The molecule has 3 unspecified atom stereocenters. The lowest BCUT2D eigenvalue weighted by molar-refractivity contribution is 0.0998. The standard InChI is InChI=1S/C13H17BrN2O2/c1-2-3-9-11(14)13(17)16-12(15-9)8-6-7-4-5-10(8)18-7/h7-8,10H,2-6H2,1H3,(H,15,16,17). The second kappa shape index (κ2) is 4.78. The van der Waals surface area contributed by atoms with Crippen molar-refractivity contribution in [3.8, 4) is 0 Å². The second-order valence-electron chi connectivity index (χ2n) is 5.18. The van der Waals surface area contributed by atoms with Gasteiger partial charge in [-0.3, -0.25) is 4.79 Å². The number of hydrogen-bond donors (Lipinski definition) is 1. The van der Waals surface area contributed by atoms with Crippen LogP contribution < -0.4 is 5.56 Å². The quantitative estimate of drug-likeness (QED) is 0.933. The number of aromatic nitrogens is 2. The molecule has 2 aliphatic heterocycles. The van der Waals surface area contributed by atoms with Gasteiger partial charge in [-0.25, -0.2) is 4.98 Å². The van der Waals surface area contributed by atoms with Gasteiger partial charge < -0.3 is 9.72 Å². The van der Waals surface area contributed by atoms with E-state index in [9.17, 15) is 4.79 Å². The Labute approximate surface area is 114 Å². The molecule has 0 aromatic carbocycles. The summed E-state index contributed by atoms with van der Waals surface area (Å²) in [6, 6.07) is 0. The van der Waals surface area contributed by atoms with E-state index in [1.165, 1.54) is 0 Å². The number of halogens is 1. The predicted octanol–water partition coefficient (Wildman–Crippen LogP) is 2.52. The molecule has 18 heavy (non-hydrogen) atoms. The number of ether oxygens (including phenoxy) is 1. The van der Waals surface area contributed by atoms with Crippen molar-refractivity contribution in [1.29, 1.82) is 0 Å². The summed E-state index contributed by atoms with van der Waals surface area (Å²) in [5, 5.41) is 0. The Morgan fingerprint density at radius 3 is 2.94 bits per heavy atom. The first-order valence-electron chi connectivity index (χ1n) is 6.63. The van der Waals surface area contributed by atoms with Crippen LogP contribution in [0, 0.1) is 0 Å². The Hall–Kier alpha value is -0.680. The summed E-state index contributed by atoms with van der Waals surface area (Å²) in [5.41, 5.74) is 0.810. The van der Waals surface area contributed by atoms with Crippen LogP contribution in [0.25, 0.3) is 0 Å². The van der Waals surface area contributed by atoms with Crippen LogP contribution in [0.3, 0.4) is 0 Å². The summed E-state index contributed by atoms with van der Waals surface area (Å²) in [7, 11) is 0. The van der Waals surface area contributed by atoms with Crippen molar-refractivity contribution < 1.29 is 4.74 Å². The molecule has 0 amide bonds. The number of nitrogens with one attached hydrogen (secondary N) is 1. The average Bonchev–Trinajstić information content (AvgIpc) is 2.97. The molecule has 0 aliphatic carbocycles. The fraction of sp³-hybridized carbons (Fsp3) is 0.692. The van der Waals surface area contributed by atoms with Crippen molar-refractivity contribution in [2.75, 3.05) is 0 Å². The molecule has 1 aromatic heterocycles. The summed E-state index contributed by atoms with van der Waals surface area (Å²) < 4.78 is 6.42. The summed E-state index contributed by atoms with van der Waals surface area (Å²) in [4.78, 5) is 19.5. The molecule has 2 aliphatic rings. The summed E-state index contributed by atoms with van der Waals surface area (Å²) >= 11 is 3.33. The number of H-pyrrole nitrogens is 1. The molecule has 4 nitrogen and oxygen atoms in total. The highest BCUT2D eigenvalue weighted by Gasteiger charge is 2.42. The van der Waals surface area contributed by atoms with Gasteiger partial charge >= 0.3 is 0 Å². The smallest absolute Gasteiger partial charge is 0.265 e. The molecule has 0 radical (unpaired) electrons. The van der Waals surface area contributed by atoms with Gasteiger partial charge in [-0.1, -0.05) is 13.3 Å². The molecule has 0 spiro atoms. The molecule has 2 bridgehead atoms. The SMILES string of the molecule is CCCc1nc(C2CC3CCC2O3)[nH]c(=O)c1Br. The molecule has 1 N–H and O–H groups in total. The molecule has 3 heterocycles. The van der Waals surface area contributed by atoms with Crippen molar-refractivity contribution in [1.82, 2.24) is 9.97 Å². The van der Waals surface area contributed by atoms with Crippen molar-refractivity contribution in [3.05, 3.63) is 26.3 Å². The molecule has 5 heteroatoms. The van der Waals surface area contributed by atoms with Crippen molar-refractivity contribution in [2.45, 2.75) is 57.2 Å². The first-order chi connectivity index (χ1) is 8.69. The maximum atomic E-state index is 11.9. The van der Waals surface area contributed by atoms with E-state index in [0.29, 0.717) is 10.6 Å². The van der Waals surface area contributed by atoms with Gasteiger partial charge in [-0.2, -0.15) is 0 Å². The van der Waals surface area contributed by atoms with Gasteiger partial charge in [0.2, 0.25) is 0 Å². The van der Waals surface area contributed by atoms with Crippen LogP contribution in [-0.4, -0.2) is 22.2 Å². The molecule has 2 saturated heterocycles. The predicted molar refractivity (Wildman–Crippen MR) is 71.8 cm³/mol. The van der Waals surface area contributed by atoms with Gasteiger partial charge in [-0.05, 0) is 41.6 Å². The van der Waals surface area contributed by atoms with E-state index in [0.717, 1.165) is 43.6 Å². The van der Waals surface area contributed by atoms with Crippen LogP contribution in [0.2, 0.25) is 0 Å². The Balaban J connectivity index is 1.95. The third-order valence-electron chi connectivity index (χ3n) is 3.89. The van der Waals surface area contributed by atoms with E-state index < -0.39 is 0 Å². The number of aryl methyl sites for hydroxylation is 1. The van der Waals surface area contributed by atoms with E-state index >= 15 is 0 Å². The van der Waals surface area contributed by atoms with E-state index in [1.54, 1.807) is 0 Å². The number of fused-ring (bicyclic) bond motifs is 2. The fourth-order valence-electron chi connectivity index (χ4n) is 3.03. The Bertz CT molecular complexity index is 514. The Morgan fingerprint density at radius 2 is 2.33 bits per heavy atom. The van der Waals surface area contributed by atoms with Crippen LogP contribution in [0.4, 0.5) is 0 Å². The van der Waals surface area contributed by atoms with E-state index in [4.69, 9.17) is 4.74 Å².